The second kappa shape index (κ2) is 23.2. The number of fused-ring (bicyclic) bond motifs is 2. The van der Waals surface area contributed by atoms with Crippen LogP contribution in [0.5, 0.6) is 17.2 Å². The Morgan fingerprint density at radius 1 is 0.455 bits per heavy atom. The number of aryl methyl sites for hydroxylation is 3. The lowest BCUT2D eigenvalue weighted by Crippen LogP contribution is -2.04. The topological polar surface area (TPSA) is 372 Å². The van der Waals surface area contributed by atoms with Crippen LogP contribution in [0, 0.1) is 20.8 Å². The minimum absolute atomic E-state index is 0.00525. The summed E-state index contributed by atoms with van der Waals surface area (Å²) < 4.78 is 63.9. The van der Waals surface area contributed by atoms with Crippen LogP contribution in [-0.2, 0) is 20.2 Å². The molecule has 0 spiro atoms. The fraction of sp³-hybridized carbons (Fsp3) is 0.0556. The number of aromatic hydroxyl groups is 3. The number of azo groups is 3. The van der Waals surface area contributed by atoms with Gasteiger partial charge in [-0.05, 0) is 164 Å². The number of aliphatic imine (C=N–C) groups is 1. The monoisotopic (exact) mass is 1070 g/mol. The van der Waals surface area contributed by atoms with Gasteiger partial charge in [0.15, 0.2) is 5.75 Å². The van der Waals surface area contributed by atoms with Crippen molar-refractivity contribution in [2.24, 2.45) is 35.7 Å². The fourth-order valence-electron chi connectivity index (χ4n) is 7.28. The van der Waals surface area contributed by atoms with E-state index in [0.29, 0.717) is 33.8 Å². The molecule has 0 aromatic heterocycles. The summed E-state index contributed by atoms with van der Waals surface area (Å²) in [4.78, 5) is 2.66. The molecule has 9 aromatic carbocycles. The first-order chi connectivity index (χ1) is 36.5. The first kappa shape index (κ1) is 55.0. The lowest BCUT2D eigenvalue weighted by atomic mass is 10.0. The van der Waals surface area contributed by atoms with Crippen LogP contribution in [0.4, 0.5) is 73.9 Å². The summed E-state index contributed by atoms with van der Waals surface area (Å²) >= 11 is 0. The normalized spacial score (nSPS) is 11.6. The third kappa shape index (κ3) is 13.7. The zero-order valence-electron chi connectivity index (χ0n) is 41.3. The van der Waals surface area contributed by atoms with Gasteiger partial charge in [-0.1, -0.05) is 36.4 Å². The van der Waals surface area contributed by atoms with Crippen molar-refractivity contribution in [3.63, 3.8) is 0 Å². The van der Waals surface area contributed by atoms with Gasteiger partial charge < -0.3 is 43.6 Å². The molecule has 23 heteroatoms. The van der Waals surface area contributed by atoms with E-state index in [1.54, 1.807) is 18.2 Å². The predicted molar refractivity (Wildman–Crippen MR) is 302 cm³/mol. The van der Waals surface area contributed by atoms with Crippen molar-refractivity contribution in [3.05, 3.63) is 168 Å². The highest BCUT2D eigenvalue weighted by Crippen LogP contribution is 2.42. The molecule has 0 aliphatic rings. The smallest absolute Gasteiger partial charge is 0.296 e. The maximum absolute atomic E-state index is 11.4. The lowest BCUT2D eigenvalue weighted by molar-refractivity contribution is 0.473. The Morgan fingerprint density at radius 2 is 0.948 bits per heavy atom. The summed E-state index contributed by atoms with van der Waals surface area (Å²) in [5, 5.41) is 60.7. The van der Waals surface area contributed by atoms with Crippen LogP contribution in [0.3, 0.4) is 0 Å². The van der Waals surface area contributed by atoms with Crippen molar-refractivity contribution in [3.8, 4) is 17.2 Å². The Kier molecular flexibility index (Phi) is 16.5. The van der Waals surface area contributed by atoms with Crippen LogP contribution in [0.1, 0.15) is 16.7 Å². The summed E-state index contributed by atoms with van der Waals surface area (Å²) in [7, 11) is -9.26. The number of rotatable bonds is 11. The minimum Gasteiger partial charge on any atom is -0.508 e. The predicted octanol–water partition coefficient (Wildman–Crippen LogP) is 13.6. The second-order valence-electron chi connectivity index (χ2n) is 17.0. The molecule has 0 aliphatic heterocycles. The third-order valence-electron chi connectivity index (χ3n) is 11.5. The molecule has 0 saturated carbocycles. The van der Waals surface area contributed by atoms with Crippen LogP contribution in [0.15, 0.2) is 197 Å². The van der Waals surface area contributed by atoms with E-state index in [4.69, 9.17) is 22.9 Å². The van der Waals surface area contributed by atoms with E-state index >= 15 is 0 Å². The van der Waals surface area contributed by atoms with Crippen molar-refractivity contribution in [2.45, 2.75) is 30.6 Å². The molecule has 14 N–H and O–H groups in total. The van der Waals surface area contributed by atoms with Gasteiger partial charge in [0.25, 0.3) is 20.2 Å². The zero-order valence-corrected chi connectivity index (χ0v) is 42.9. The molecule has 392 valence electrons. The maximum atomic E-state index is 11.4. The van der Waals surface area contributed by atoms with E-state index in [1.807, 2.05) is 67.6 Å². The van der Waals surface area contributed by atoms with Gasteiger partial charge in [-0.25, -0.2) is 0 Å². The van der Waals surface area contributed by atoms with Crippen molar-refractivity contribution in [1.29, 1.82) is 0 Å². The third-order valence-corrected chi connectivity index (χ3v) is 13.3. The van der Waals surface area contributed by atoms with Crippen molar-refractivity contribution >= 4 is 122 Å². The Hall–Kier alpha value is -9.81. The quantitative estimate of drug-likeness (QED) is 0.0189. The molecule has 0 bridgehead atoms. The van der Waals surface area contributed by atoms with Gasteiger partial charge in [0.2, 0.25) is 0 Å². The number of nitrogens with two attached hydrogens (primary N) is 4. The lowest BCUT2D eigenvalue weighted by Gasteiger charge is -2.09. The molecule has 0 atom stereocenters. The number of hydrogen-bond donors (Lipinski definition) is 10. The number of benzene rings is 9. The Morgan fingerprint density at radius 3 is 1.48 bits per heavy atom. The Labute approximate surface area is 441 Å². The molecule has 0 heterocycles. The van der Waals surface area contributed by atoms with E-state index in [0.717, 1.165) is 46.2 Å². The average Bonchev–Trinajstić information content (AvgIpc) is 3.39. The van der Waals surface area contributed by atoms with Crippen LogP contribution < -0.4 is 28.3 Å². The van der Waals surface area contributed by atoms with Crippen molar-refractivity contribution in [1.82, 2.24) is 0 Å². The van der Waals surface area contributed by atoms with Gasteiger partial charge in [0.05, 0.1) is 45.5 Å². The number of nitrogens with one attached hydrogen (secondary N) is 1. The van der Waals surface area contributed by atoms with Crippen LogP contribution >= 0.6 is 0 Å². The maximum Gasteiger partial charge on any atom is 0.296 e. The number of nitrogen functional groups attached to an aromatic ring is 4. The van der Waals surface area contributed by atoms with Crippen LogP contribution in [0.25, 0.3) is 21.5 Å². The molecule has 0 fully saturated rings. The summed E-state index contributed by atoms with van der Waals surface area (Å²) in [5.41, 5.74) is 30.4. The summed E-state index contributed by atoms with van der Waals surface area (Å²) in [6.07, 6.45) is 0. The molecule has 77 heavy (non-hydrogen) atoms. The summed E-state index contributed by atoms with van der Waals surface area (Å²) in [5.74, 6) is -0.525. The van der Waals surface area contributed by atoms with E-state index in [2.05, 4.69) is 85.8 Å². The molecule has 21 nitrogen and oxygen atoms in total. The Balaban J connectivity index is 0.000000200. The first-order valence-electron chi connectivity index (χ1n) is 22.7. The molecule has 0 saturated heterocycles. The first-order valence-corrected chi connectivity index (χ1v) is 25.6. The molecule has 0 aliphatic carbocycles. The molecule has 0 unspecified atom stereocenters. The number of anilines is 6. The average molecular weight is 1080 g/mol. The van der Waals surface area contributed by atoms with E-state index in [1.165, 1.54) is 41.5 Å². The number of hydrogen-bond acceptors (Lipinski definition) is 19. The van der Waals surface area contributed by atoms with Gasteiger partial charge in [-0.15, -0.1) is 15.3 Å². The van der Waals surface area contributed by atoms with Gasteiger partial charge in [0.1, 0.15) is 38.4 Å². The second-order valence-corrected chi connectivity index (χ2v) is 19.8. The van der Waals surface area contributed by atoms with E-state index in [9.17, 15) is 41.3 Å². The summed E-state index contributed by atoms with van der Waals surface area (Å²) in [6.45, 7) is 9.63. The van der Waals surface area contributed by atoms with Gasteiger partial charge >= 0.3 is 0 Å². The molecule has 9 aromatic rings. The van der Waals surface area contributed by atoms with Gasteiger partial charge in [-0.2, -0.15) is 32.2 Å². The van der Waals surface area contributed by atoms with Crippen LogP contribution in [0.2, 0.25) is 0 Å². The number of nitrogens with zero attached hydrogens (tertiary/aromatic N) is 7. The van der Waals surface area contributed by atoms with Crippen molar-refractivity contribution in [2.75, 3.05) is 28.3 Å². The molecule has 9 rings (SSSR count). The highest BCUT2D eigenvalue weighted by atomic mass is 32.2. The largest absolute Gasteiger partial charge is 0.508 e. The standard InChI is InChI=1S/C30H25N7O2.C16H15N5O7S2.C8H10/c1-18-15-19-3-4-24(35-36-28-14-13-25(38)17-27(28)31)16-26(19)30(39)29(18)37-34-23-11-9-22(10-12-23)33-21-7-5-20(32-2)6-8-21;17-10-5-11(18)13(29(23,24)25)6-12(10)21-20-8-2-1-7-3-14(30(26,27)28)15(19)16(22)9(7)4-8;1-7-5-3-4-6-8(7)2/h3-17,33,38-39H,2,31H2,1H3;1-6,22H,17-19H2,(H,23,24,25)(H,26,27,28);3-6H,1-2H3. The van der Waals surface area contributed by atoms with E-state index < -0.39 is 41.5 Å². The molecule has 0 radical (unpaired) electrons. The van der Waals surface area contributed by atoms with Gasteiger partial charge in [-0.3, -0.25) is 14.1 Å². The zero-order chi connectivity index (χ0) is 55.8. The van der Waals surface area contributed by atoms with Crippen molar-refractivity contribution < 1.29 is 41.3 Å². The number of phenolic OH excluding ortho intramolecular Hbond substituents is 3. The summed E-state index contributed by atoms with van der Waals surface area (Å²) in [6, 6.07) is 42.5. The van der Waals surface area contributed by atoms with E-state index in [-0.39, 0.29) is 45.0 Å². The fourth-order valence-corrected chi connectivity index (χ4v) is 8.55. The van der Waals surface area contributed by atoms with Gasteiger partial charge in [0, 0.05) is 28.2 Å². The SMILES string of the molecule is C=Nc1ccc(Nc2ccc(N=Nc3c(C)cc4ccc(N=Nc5ccc(O)cc5N)cc4c3O)cc2)cc1.Cc1ccccc1C.Nc1cc(N)c(S(=O)(=O)O)cc1N=Nc1ccc2cc(S(=O)(=O)O)c(N)c(O)c2c1. The highest BCUT2D eigenvalue weighted by Gasteiger charge is 2.20. The molecule has 0 amide bonds. The minimum atomic E-state index is -4.65. The molecular formula is C54H50N12O9S2. The highest BCUT2D eigenvalue weighted by molar-refractivity contribution is 7.86. The van der Waals surface area contributed by atoms with Crippen LogP contribution in [-0.4, -0.2) is 48.0 Å². The number of phenols is 3. The molecular weight excluding hydrogens is 1020 g/mol. The Bertz CT molecular complexity index is 4020.